The lowest BCUT2D eigenvalue weighted by atomic mass is 9.79. The van der Waals surface area contributed by atoms with Gasteiger partial charge >= 0.3 is 0 Å². The number of carbonyl (C=O) groups is 1. The third-order valence-electron chi connectivity index (χ3n) is 6.19. The van der Waals surface area contributed by atoms with Crippen LogP contribution in [0.4, 0.5) is 4.39 Å². The summed E-state index contributed by atoms with van der Waals surface area (Å²) < 4.78 is 15.2. The molecule has 7 heteroatoms. The normalized spacial score (nSPS) is 15.6. The van der Waals surface area contributed by atoms with Gasteiger partial charge in [0.2, 0.25) is 0 Å². The zero-order valence-electron chi connectivity index (χ0n) is 17.1. The first-order valence-electron chi connectivity index (χ1n) is 10.00. The molecule has 0 spiro atoms. The lowest BCUT2D eigenvalue weighted by molar-refractivity contribution is 0.0938. The minimum Gasteiger partial charge on any atom is -0.350 e. The second-order valence-corrected chi connectivity index (χ2v) is 8.01. The molecule has 1 amide bonds. The number of nitrogens with one attached hydrogen (secondary N) is 2. The van der Waals surface area contributed by atoms with Crippen molar-refractivity contribution in [1.82, 2.24) is 25.3 Å². The molecule has 29 heavy (non-hydrogen) atoms. The number of H-pyrrole nitrogens is 1. The Morgan fingerprint density at radius 2 is 1.93 bits per heavy atom. The Morgan fingerprint density at radius 1 is 1.24 bits per heavy atom. The maximum Gasteiger partial charge on any atom is 0.269 e. The highest BCUT2D eigenvalue weighted by Gasteiger charge is 2.36. The maximum absolute atomic E-state index is 13.3. The molecule has 3 aromatic rings. The minimum absolute atomic E-state index is 0.136. The van der Waals surface area contributed by atoms with Gasteiger partial charge in [-0.2, -0.15) is 10.2 Å². The van der Waals surface area contributed by atoms with Crippen LogP contribution in [0.5, 0.6) is 0 Å². The Morgan fingerprint density at radius 3 is 2.55 bits per heavy atom. The summed E-state index contributed by atoms with van der Waals surface area (Å²) in [6.45, 7) is 4.44. The van der Waals surface area contributed by atoms with Gasteiger partial charge in [0.25, 0.3) is 5.91 Å². The Kier molecular flexibility index (Phi) is 4.98. The standard InChI is InChI=1S/C22H26FN5O/c1-14-20(15(2)28(3)27-14)18-12-19(26-25-18)21(29)24-13-22(10-4-5-11-22)16-6-8-17(23)9-7-16/h6-9,12H,4-5,10-11,13H2,1-3H3,(H,24,29)(H,25,26). The predicted octanol–water partition coefficient (Wildman–Crippen LogP) is 3.81. The molecule has 0 unspecified atom stereocenters. The van der Waals surface area contributed by atoms with Crippen LogP contribution in [0.2, 0.25) is 0 Å². The molecule has 2 aromatic heterocycles. The summed E-state index contributed by atoms with van der Waals surface area (Å²) in [6, 6.07) is 8.45. The molecular formula is C22H26FN5O. The number of rotatable bonds is 5. The van der Waals surface area contributed by atoms with Gasteiger partial charge in [0.15, 0.2) is 0 Å². The quantitative estimate of drug-likeness (QED) is 0.690. The first-order valence-corrected chi connectivity index (χ1v) is 10.00. The third-order valence-corrected chi connectivity index (χ3v) is 6.19. The summed E-state index contributed by atoms with van der Waals surface area (Å²) >= 11 is 0. The van der Waals surface area contributed by atoms with Gasteiger partial charge in [0.05, 0.1) is 11.4 Å². The van der Waals surface area contributed by atoms with E-state index in [2.05, 4.69) is 20.6 Å². The fourth-order valence-corrected chi connectivity index (χ4v) is 4.48. The molecule has 1 aliphatic rings. The number of benzene rings is 1. The molecule has 4 rings (SSSR count). The van der Waals surface area contributed by atoms with Gasteiger partial charge in [-0.15, -0.1) is 0 Å². The lowest BCUT2D eigenvalue weighted by Gasteiger charge is -2.30. The van der Waals surface area contributed by atoms with Gasteiger partial charge in [0, 0.05) is 30.3 Å². The third kappa shape index (κ3) is 3.57. The average Bonchev–Trinajstić information content (AvgIpc) is 3.42. The number of nitrogens with zero attached hydrogens (tertiary/aromatic N) is 3. The van der Waals surface area contributed by atoms with Crippen LogP contribution in [-0.4, -0.2) is 32.4 Å². The molecule has 1 aliphatic carbocycles. The average molecular weight is 395 g/mol. The smallest absolute Gasteiger partial charge is 0.269 e. The Hall–Kier alpha value is -2.96. The summed E-state index contributed by atoms with van der Waals surface area (Å²) in [4.78, 5) is 12.8. The van der Waals surface area contributed by atoms with Crippen molar-refractivity contribution in [3.63, 3.8) is 0 Å². The molecule has 0 atom stereocenters. The van der Waals surface area contributed by atoms with Crippen LogP contribution < -0.4 is 5.32 Å². The van der Waals surface area contributed by atoms with Crippen LogP contribution in [0.1, 0.15) is 53.1 Å². The van der Waals surface area contributed by atoms with Gasteiger partial charge in [0.1, 0.15) is 11.5 Å². The van der Waals surface area contributed by atoms with Crippen molar-refractivity contribution in [3.05, 3.63) is 58.8 Å². The lowest BCUT2D eigenvalue weighted by Crippen LogP contribution is -2.39. The van der Waals surface area contributed by atoms with Crippen molar-refractivity contribution in [2.45, 2.75) is 44.9 Å². The van der Waals surface area contributed by atoms with E-state index in [9.17, 15) is 9.18 Å². The fourth-order valence-electron chi connectivity index (χ4n) is 4.48. The number of aromatic nitrogens is 4. The summed E-state index contributed by atoms with van der Waals surface area (Å²) in [5.41, 5.74) is 4.92. The topological polar surface area (TPSA) is 75.6 Å². The van der Waals surface area contributed by atoms with Crippen LogP contribution in [0.3, 0.4) is 0 Å². The van der Waals surface area contributed by atoms with Crippen molar-refractivity contribution in [2.75, 3.05) is 6.54 Å². The summed E-state index contributed by atoms with van der Waals surface area (Å²) in [6.07, 6.45) is 4.20. The van der Waals surface area contributed by atoms with Gasteiger partial charge in [-0.05, 0) is 50.5 Å². The van der Waals surface area contributed by atoms with E-state index >= 15 is 0 Å². The number of aryl methyl sites for hydroxylation is 2. The fraction of sp³-hybridized carbons (Fsp3) is 0.409. The number of aromatic amines is 1. The molecule has 0 bridgehead atoms. The highest BCUT2D eigenvalue weighted by Crippen LogP contribution is 2.40. The van der Waals surface area contributed by atoms with Gasteiger partial charge < -0.3 is 5.32 Å². The molecule has 1 fully saturated rings. The largest absolute Gasteiger partial charge is 0.350 e. The molecule has 152 valence electrons. The van der Waals surface area contributed by atoms with Crippen LogP contribution >= 0.6 is 0 Å². The Bertz CT molecular complexity index is 1030. The second kappa shape index (κ2) is 7.46. The van der Waals surface area contributed by atoms with Crippen molar-refractivity contribution in [2.24, 2.45) is 7.05 Å². The highest BCUT2D eigenvalue weighted by molar-refractivity contribution is 5.93. The van der Waals surface area contributed by atoms with E-state index in [1.165, 1.54) is 12.1 Å². The highest BCUT2D eigenvalue weighted by atomic mass is 19.1. The van der Waals surface area contributed by atoms with E-state index in [1.807, 2.05) is 37.7 Å². The molecule has 1 aromatic carbocycles. The number of hydrogen-bond acceptors (Lipinski definition) is 3. The van der Waals surface area contributed by atoms with Gasteiger partial charge in [-0.3, -0.25) is 14.6 Å². The van der Waals surface area contributed by atoms with Crippen molar-refractivity contribution < 1.29 is 9.18 Å². The van der Waals surface area contributed by atoms with Gasteiger partial charge in [-0.1, -0.05) is 25.0 Å². The number of halogens is 1. The monoisotopic (exact) mass is 395 g/mol. The summed E-state index contributed by atoms with van der Waals surface area (Å²) in [7, 11) is 1.89. The van der Waals surface area contributed by atoms with Crippen LogP contribution in [0.25, 0.3) is 11.3 Å². The van der Waals surface area contributed by atoms with E-state index in [0.29, 0.717) is 17.9 Å². The van der Waals surface area contributed by atoms with E-state index in [4.69, 9.17) is 0 Å². The summed E-state index contributed by atoms with van der Waals surface area (Å²) in [5.74, 6) is -0.423. The Labute approximate surface area is 169 Å². The van der Waals surface area contributed by atoms with Crippen LogP contribution in [0.15, 0.2) is 30.3 Å². The van der Waals surface area contributed by atoms with Crippen molar-refractivity contribution >= 4 is 5.91 Å². The van der Waals surface area contributed by atoms with E-state index in [1.54, 1.807) is 6.07 Å². The van der Waals surface area contributed by atoms with Gasteiger partial charge in [-0.25, -0.2) is 4.39 Å². The second-order valence-electron chi connectivity index (χ2n) is 8.01. The molecule has 0 saturated heterocycles. The van der Waals surface area contributed by atoms with Crippen molar-refractivity contribution in [1.29, 1.82) is 0 Å². The number of hydrogen-bond donors (Lipinski definition) is 2. The first kappa shape index (κ1) is 19.4. The molecule has 0 aliphatic heterocycles. The van der Waals surface area contributed by atoms with Crippen LogP contribution in [0, 0.1) is 19.7 Å². The predicted molar refractivity (Wildman–Crippen MR) is 109 cm³/mol. The minimum atomic E-state index is -0.239. The molecule has 1 saturated carbocycles. The Balaban J connectivity index is 1.51. The number of amides is 1. The van der Waals surface area contributed by atoms with E-state index in [0.717, 1.165) is 48.2 Å². The summed E-state index contributed by atoms with van der Waals surface area (Å²) in [5, 5.41) is 14.7. The SMILES string of the molecule is Cc1nn(C)c(C)c1-c1cc(C(=O)NCC2(c3ccc(F)cc3)CCCC2)[nH]n1. The first-order chi connectivity index (χ1) is 13.9. The zero-order valence-corrected chi connectivity index (χ0v) is 17.1. The molecule has 6 nitrogen and oxygen atoms in total. The van der Waals surface area contributed by atoms with E-state index in [-0.39, 0.29) is 17.1 Å². The molecule has 0 radical (unpaired) electrons. The molecule has 2 N–H and O–H groups in total. The molecular weight excluding hydrogens is 369 g/mol. The van der Waals surface area contributed by atoms with Crippen LogP contribution in [-0.2, 0) is 12.5 Å². The number of carbonyl (C=O) groups excluding carboxylic acids is 1. The van der Waals surface area contributed by atoms with E-state index < -0.39 is 0 Å². The maximum atomic E-state index is 13.3. The zero-order chi connectivity index (χ0) is 20.6. The van der Waals surface area contributed by atoms with Crippen molar-refractivity contribution in [3.8, 4) is 11.3 Å². The molecule has 2 heterocycles.